The van der Waals surface area contributed by atoms with Gasteiger partial charge in [0.15, 0.2) is 0 Å². The summed E-state index contributed by atoms with van der Waals surface area (Å²) in [6, 6.07) is 7.99. The van der Waals surface area contributed by atoms with Gasteiger partial charge in [-0.3, -0.25) is 4.79 Å². The van der Waals surface area contributed by atoms with Crippen LogP contribution in [0, 0.1) is 11.6 Å². The Morgan fingerprint density at radius 3 is 2.42 bits per heavy atom. The van der Waals surface area contributed by atoms with Gasteiger partial charge >= 0.3 is 0 Å². The second-order valence-corrected chi connectivity index (χ2v) is 5.00. The lowest BCUT2D eigenvalue weighted by Gasteiger charge is -2.09. The average Bonchev–Trinajstić information content (AvgIpc) is 2.33. The van der Waals surface area contributed by atoms with Crippen LogP contribution in [-0.2, 0) is 0 Å². The monoisotopic (exact) mass is 345 g/mol. The van der Waals surface area contributed by atoms with Crippen LogP contribution >= 0.6 is 27.5 Å². The maximum absolute atomic E-state index is 13.4. The molecule has 1 amide bonds. The molecule has 6 heteroatoms. The summed E-state index contributed by atoms with van der Waals surface area (Å²) in [5.41, 5.74) is -0.373. The summed E-state index contributed by atoms with van der Waals surface area (Å²) in [7, 11) is 0. The zero-order chi connectivity index (χ0) is 14.0. The molecule has 0 aliphatic carbocycles. The number of benzene rings is 2. The summed E-state index contributed by atoms with van der Waals surface area (Å²) >= 11 is 9.10. The predicted octanol–water partition coefficient (Wildman–Crippen LogP) is 4.63. The van der Waals surface area contributed by atoms with Crippen molar-refractivity contribution in [2.75, 3.05) is 5.32 Å². The van der Waals surface area contributed by atoms with E-state index in [0.717, 1.165) is 12.1 Å². The van der Waals surface area contributed by atoms with E-state index in [2.05, 4.69) is 21.2 Å². The van der Waals surface area contributed by atoms with Gasteiger partial charge in [0, 0.05) is 4.47 Å². The van der Waals surface area contributed by atoms with Crippen LogP contribution in [0.5, 0.6) is 0 Å². The third-order valence-electron chi connectivity index (χ3n) is 2.37. The highest BCUT2D eigenvalue weighted by atomic mass is 79.9. The summed E-state index contributed by atoms with van der Waals surface area (Å²) in [6.07, 6.45) is 0. The van der Waals surface area contributed by atoms with Crippen LogP contribution in [0.1, 0.15) is 10.4 Å². The smallest absolute Gasteiger partial charge is 0.261 e. The minimum atomic E-state index is -0.927. The van der Waals surface area contributed by atoms with Gasteiger partial charge < -0.3 is 5.32 Å². The van der Waals surface area contributed by atoms with Crippen molar-refractivity contribution in [1.82, 2.24) is 0 Å². The Morgan fingerprint density at radius 2 is 1.79 bits per heavy atom. The van der Waals surface area contributed by atoms with Gasteiger partial charge in [-0.1, -0.05) is 33.6 Å². The van der Waals surface area contributed by atoms with Crippen LogP contribution in [0.15, 0.2) is 40.9 Å². The van der Waals surface area contributed by atoms with Crippen molar-refractivity contribution in [1.29, 1.82) is 0 Å². The highest BCUT2D eigenvalue weighted by Gasteiger charge is 2.17. The zero-order valence-electron chi connectivity index (χ0n) is 9.38. The largest absolute Gasteiger partial charge is 0.320 e. The Kier molecular flexibility index (Phi) is 4.17. The molecule has 0 heterocycles. The van der Waals surface area contributed by atoms with Crippen LogP contribution in [0.4, 0.5) is 14.5 Å². The Bertz CT molecular complexity index is 628. The Balaban J connectivity index is 2.34. The highest BCUT2D eigenvalue weighted by molar-refractivity contribution is 9.10. The molecule has 0 aliphatic heterocycles. The van der Waals surface area contributed by atoms with E-state index in [1.54, 1.807) is 18.2 Å². The molecule has 0 radical (unpaired) electrons. The number of amides is 1. The average molecular weight is 347 g/mol. The van der Waals surface area contributed by atoms with Crippen molar-refractivity contribution in [2.45, 2.75) is 0 Å². The molecule has 2 nitrogen and oxygen atoms in total. The van der Waals surface area contributed by atoms with Crippen molar-refractivity contribution in [3.8, 4) is 0 Å². The van der Waals surface area contributed by atoms with Crippen LogP contribution < -0.4 is 5.32 Å². The number of carbonyl (C=O) groups is 1. The quantitative estimate of drug-likeness (QED) is 0.844. The van der Waals surface area contributed by atoms with Crippen LogP contribution in [0.25, 0.3) is 0 Å². The van der Waals surface area contributed by atoms with Crippen LogP contribution in [-0.4, -0.2) is 5.91 Å². The Morgan fingerprint density at radius 1 is 1.16 bits per heavy atom. The van der Waals surface area contributed by atoms with E-state index in [1.165, 1.54) is 6.07 Å². The lowest BCUT2D eigenvalue weighted by atomic mass is 10.2. The van der Waals surface area contributed by atoms with E-state index in [-0.39, 0.29) is 10.7 Å². The number of hydrogen-bond donors (Lipinski definition) is 1. The number of rotatable bonds is 2. The minimum Gasteiger partial charge on any atom is -0.320 e. The molecule has 2 rings (SSSR count). The van der Waals surface area contributed by atoms with E-state index < -0.39 is 23.1 Å². The number of anilines is 1. The molecule has 0 saturated carbocycles. The minimum absolute atomic E-state index is 0.267. The molecule has 0 aromatic heterocycles. The maximum atomic E-state index is 13.4. The highest BCUT2D eigenvalue weighted by Crippen LogP contribution is 2.26. The zero-order valence-corrected chi connectivity index (χ0v) is 11.7. The topological polar surface area (TPSA) is 29.1 Å². The summed E-state index contributed by atoms with van der Waals surface area (Å²) in [5.74, 6) is -2.75. The van der Waals surface area contributed by atoms with Gasteiger partial charge in [-0.25, -0.2) is 8.78 Å². The fourth-order valence-electron chi connectivity index (χ4n) is 1.49. The number of nitrogens with one attached hydrogen (secondary N) is 1. The van der Waals surface area contributed by atoms with Crippen molar-refractivity contribution in [3.05, 3.63) is 63.1 Å². The molecule has 0 atom stereocenters. The number of hydrogen-bond acceptors (Lipinski definition) is 1. The van der Waals surface area contributed by atoms with Crippen molar-refractivity contribution >= 4 is 39.1 Å². The first-order valence-electron chi connectivity index (χ1n) is 5.19. The summed E-state index contributed by atoms with van der Waals surface area (Å²) in [6.45, 7) is 0. The summed E-state index contributed by atoms with van der Waals surface area (Å²) in [4.78, 5) is 11.9. The van der Waals surface area contributed by atoms with Gasteiger partial charge in [-0.15, -0.1) is 0 Å². The molecule has 0 aliphatic rings. The van der Waals surface area contributed by atoms with E-state index >= 15 is 0 Å². The van der Waals surface area contributed by atoms with Crippen molar-refractivity contribution in [3.63, 3.8) is 0 Å². The molecular formula is C13H7BrClF2NO. The first-order valence-corrected chi connectivity index (χ1v) is 6.36. The SMILES string of the molecule is O=C(Nc1cc(Br)ccc1Cl)c1c(F)cccc1F. The Labute approximate surface area is 121 Å². The van der Waals surface area contributed by atoms with E-state index in [9.17, 15) is 13.6 Å². The van der Waals surface area contributed by atoms with Gasteiger partial charge in [0.25, 0.3) is 5.91 Å². The predicted molar refractivity (Wildman–Crippen MR) is 73.5 cm³/mol. The molecule has 0 saturated heterocycles. The first kappa shape index (κ1) is 14.0. The number of carbonyl (C=O) groups excluding carboxylic acids is 1. The van der Waals surface area contributed by atoms with E-state index in [4.69, 9.17) is 11.6 Å². The second kappa shape index (κ2) is 5.67. The maximum Gasteiger partial charge on any atom is 0.261 e. The van der Waals surface area contributed by atoms with Gasteiger partial charge in [0.1, 0.15) is 17.2 Å². The van der Waals surface area contributed by atoms with Crippen LogP contribution in [0.3, 0.4) is 0 Å². The van der Waals surface area contributed by atoms with Crippen LogP contribution in [0.2, 0.25) is 5.02 Å². The molecule has 0 unspecified atom stereocenters. The molecule has 0 bridgehead atoms. The second-order valence-electron chi connectivity index (χ2n) is 3.67. The fourth-order valence-corrected chi connectivity index (χ4v) is 2.02. The summed E-state index contributed by atoms with van der Waals surface area (Å²) in [5, 5.41) is 2.64. The normalized spacial score (nSPS) is 10.3. The Hall–Kier alpha value is -1.46. The molecule has 19 heavy (non-hydrogen) atoms. The molecule has 98 valence electrons. The van der Waals surface area contributed by atoms with Crippen molar-refractivity contribution in [2.24, 2.45) is 0 Å². The third-order valence-corrected chi connectivity index (χ3v) is 3.19. The van der Waals surface area contributed by atoms with E-state index in [1.807, 2.05) is 0 Å². The summed E-state index contributed by atoms with van der Waals surface area (Å²) < 4.78 is 27.6. The lowest BCUT2D eigenvalue weighted by Crippen LogP contribution is -2.16. The molecule has 1 N–H and O–H groups in total. The molecular weight excluding hydrogens is 340 g/mol. The molecule has 0 spiro atoms. The standard InChI is InChI=1S/C13H7BrClF2NO/c14-7-4-5-8(15)11(6-7)18-13(19)12-9(16)2-1-3-10(12)17/h1-6H,(H,18,19). The third kappa shape index (κ3) is 3.11. The van der Waals surface area contributed by atoms with E-state index in [0.29, 0.717) is 4.47 Å². The van der Waals surface area contributed by atoms with Gasteiger partial charge in [-0.05, 0) is 30.3 Å². The van der Waals surface area contributed by atoms with Gasteiger partial charge in [0.2, 0.25) is 0 Å². The van der Waals surface area contributed by atoms with Crippen molar-refractivity contribution < 1.29 is 13.6 Å². The van der Waals surface area contributed by atoms with Gasteiger partial charge in [-0.2, -0.15) is 0 Å². The molecule has 0 fully saturated rings. The van der Waals surface area contributed by atoms with Gasteiger partial charge in [0.05, 0.1) is 10.7 Å². The fraction of sp³-hybridized carbons (Fsp3) is 0. The lowest BCUT2D eigenvalue weighted by molar-refractivity contribution is 0.101. The first-order chi connectivity index (χ1) is 8.99. The number of halogens is 4. The molecule has 2 aromatic rings. The molecule has 2 aromatic carbocycles.